The summed E-state index contributed by atoms with van der Waals surface area (Å²) in [5.74, 6) is -0.482. The molecule has 0 fully saturated rings. The predicted octanol–water partition coefficient (Wildman–Crippen LogP) is 3.42. The molecular weight excluding hydrogens is 390 g/mol. The second kappa shape index (κ2) is 9.57. The van der Waals surface area contributed by atoms with Crippen LogP contribution in [-0.4, -0.2) is 40.8 Å². The number of rotatable bonds is 7. The van der Waals surface area contributed by atoms with Crippen molar-refractivity contribution in [2.45, 2.75) is 32.0 Å². The number of methoxy groups -OCH3 is 1. The van der Waals surface area contributed by atoms with Crippen LogP contribution < -0.4 is 10.1 Å². The minimum absolute atomic E-state index is 0.00881. The van der Waals surface area contributed by atoms with E-state index in [0.29, 0.717) is 21.6 Å². The molecule has 0 aliphatic heterocycles. The van der Waals surface area contributed by atoms with Gasteiger partial charge >= 0.3 is 5.97 Å². The quantitative estimate of drug-likeness (QED) is 0.425. The highest BCUT2D eigenvalue weighted by Gasteiger charge is 2.19. The van der Waals surface area contributed by atoms with Crippen LogP contribution in [0.1, 0.15) is 18.3 Å². The van der Waals surface area contributed by atoms with Crippen molar-refractivity contribution in [3.05, 3.63) is 40.7 Å². The van der Waals surface area contributed by atoms with Gasteiger partial charge in [0.1, 0.15) is 5.75 Å². The van der Waals surface area contributed by atoms with Crippen LogP contribution in [0, 0.1) is 13.8 Å². The second-order valence-corrected chi connectivity index (χ2v) is 7.04. The molecule has 1 atom stereocenters. The molecule has 0 radical (unpaired) electrons. The van der Waals surface area contributed by atoms with E-state index in [0.717, 1.165) is 23.1 Å². The summed E-state index contributed by atoms with van der Waals surface area (Å²) in [5.41, 5.74) is 2.13. The third-order valence-corrected chi connectivity index (χ3v) is 4.49. The number of halogens is 1. The Morgan fingerprint density at radius 1 is 1.22 bits per heavy atom. The number of amides is 1. The van der Waals surface area contributed by atoms with Crippen LogP contribution in [-0.2, 0) is 14.3 Å². The third kappa shape index (κ3) is 6.41. The van der Waals surface area contributed by atoms with E-state index in [1.807, 2.05) is 19.9 Å². The van der Waals surface area contributed by atoms with Gasteiger partial charge in [-0.15, -0.1) is 0 Å². The van der Waals surface area contributed by atoms with E-state index in [1.165, 1.54) is 14.0 Å². The highest BCUT2D eigenvalue weighted by Crippen LogP contribution is 2.27. The summed E-state index contributed by atoms with van der Waals surface area (Å²) in [6.45, 7) is 5.21. The van der Waals surface area contributed by atoms with Crippen LogP contribution >= 0.6 is 23.4 Å². The van der Waals surface area contributed by atoms with E-state index in [2.05, 4.69) is 15.3 Å². The fourth-order valence-corrected chi connectivity index (χ4v) is 3.14. The van der Waals surface area contributed by atoms with Gasteiger partial charge in [0.15, 0.2) is 11.3 Å². The van der Waals surface area contributed by atoms with Gasteiger partial charge < -0.3 is 14.8 Å². The first-order valence-electron chi connectivity index (χ1n) is 8.07. The molecule has 144 valence electrons. The molecule has 1 heterocycles. The smallest absolute Gasteiger partial charge is 0.317 e. The summed E-state index contributed by atoms with van der Waals surface area (Å²) in [4.78, 5) is 32.6. The molecule has 0 unspecified atom stereocenters. The molecule has 1 aromatic heterocycles. The Morgan fingerprint density at radius 3 is 2.48 bits per heavy atom. The van der Waals surface area contributed by atoms with Crippen molar-refractivity contribution in [2.24, 2.45) is 0 Å². The molecule has 9 heteroatoms. The highest BCUT2D eigenvalue weighted by molar-refractivity contribution is 7.99. The Balaban J connectivity index is 1.86. The van der Waals surface area contributed by atoms with Crippen molar-refractivity contribution in [1.29, 1.82) is 0 Å². The van der Waals surface area contributed by atoms with Gasteiger partial charge in [-0.3, -0.25) is 9.59 Å². The van der Waals surface area contributed by atoms with Crippen molar-refractivity contribution in [3.63, 3.8) is 0 Å². The molecule has 1 N–H and O–H groups in total. The zero-order chi connectivity index (χ0) is 20.0. The van der Waals surface area contributed by atoms with Gasteiger partial charge in [0.05, 0.1) is 17.9 Å². The van der Waals surface area contributed by atoms with Gasteiger partial charge in [0, 0.05) is 17.1 Å². The summed E-state index contributed by atoms with van der Waals surface area (Å²) < 4.78 is 10.2. The van der Waals surface area contributed by atoms with Crippen LogP contribution in [0.15, 0.2) is 29.4 Å². The van der Waals surface area contributed by atoms with Crippen LogP contribution in [0.4, 0.5) is 5.69 Å². The lowest BCUT2D eigenvalue weighted by Gasteiger charge is -2.14. The number of carbonyl (C=O) groups excluding carboxylic acids is 2. The van der Waals surface area contributed by atoms with Crippen molar-refractivity contribution in [2.75, 3.05) is 18.2 Å². The van der Waals surface area contributed by atoms with E-state index in [1.54, 1.807) is 18.2 Å². The van der Waals surface area contributed by atoms with Crippen LogP contribution in [0.5, 0.6) is 5.75 Å². The van der Waals surface area contributed by atoms with E-state index in [4.69, 9.17) is 21.1 Å². The molecule has 1 aromatic carbocycles. The van der Waals surface area contributed by atoms with Gasteiger partial charge in [-0.25, -0.2) is 9.97 Å². The number of anilines is 1. The lowest BCUT2D eigenvalue weighted by molar-refractivity contribution is -0.150. The number of hydrogen-bond donors (Lipinski definition) is 1. The normalized spacial score (nSPS) is 11.6. The number of carbonyl (C=O) groups is 2. The minimum Gasteiger partial charge on any atom is -0.495 e. The summed E-state index contributed by atoms with van der Waals surface area (Å²) in [6.07, 6.45) is -0.959. The lowest BCUT2D eigenvalue weighted by atomic mass is 10.3. The zero-order valence-corrected chi connectivity index (χ0v) is 17.0. The topological polar surface area (TPSA) is 90.4 Å². The number of benzene rings is 1. The van der Waals surface area contributed by atoms with Crippen molar-refractivity contribution < 1.29 is 19.1 Å². The number of thioether (sulfide) groups is 1. The monoisotopic (exact) mass is 409 g/mol. The Bertz CT molecular complexity index is 827. The van der Waals surface area contributed by atoms with Gasteiger partial charge in [0.25, 0.3) is 5.91 Å². The molecule has 0 aliphatic rings. The van der Waals surface area contributed by atoms with Gasteiger partial charge in [-0.1, -0.05) is 23.4 Å². The Morgan fingerprint density at radius 2 is 1.89 bits per heavy atom. The number of hydrogen-bond acceptors (Lipinski definition) is 7. The summed E-state index contributed by atoms with van der Waals surface area (Å²) >= 11 is 7.18. The Hall–Kier alpha value is -2.32. The van der Waals surface area contributed by atoms with E-state index in [9.17, 15) is 9.59 Å². The number of ether oxygens (including phenoxy) is 2. The number of nitrogens with one attached hydrogen (secondary N) is 1. The highest BCUT2D eigenvalue weighted by atomic mass is 35.5. The lowest BCUT2D eigenvalue weighted by Crippen LogP contribution is -2.30. The third-order valence-electron chi connectivity index (χ3n) is 3.38. The molecule has 27 heavy (non-hydrogen) atoms. The Labute approximate surface area is 166 Å². The minimum atomic E-state index is -0.959. The first-order chi connectivity index (χ1) is 12.8. The van der Waals surface area contributed by atoms with Gasteiger partial charge in [-0.2, -0.15) is 0 Å². The van der Waals surface area contributed by atoms with E-state index < -0.39 is 18.0 Å². The molecule has 7 nitrogen and oxygen atoms in total. The van der Waals surface area contributed by atoms with Crippen molar-refractivity contribution in [3.8, 4) is 5.75 Å². The first kappa shape index (κ1) is 21.0. The fourth-order valence-electron chi connectivity index (χ4n) is 2.15. The molecule has 2 aromatic rings. The number of aryl methyl sites for hydroxylation is 2. The molecule has 2 rings (SSSR count). The molecule has 0 saturated carbocycles. The van der Waals surface area contributed by atoms with Gasteiger partial charge in [-0.05, 0) is 45.0 Å². The van der Waals surface area contributed by atoms with Crippen LogP contribution in [0.3, 0.4) is 0 Å². The SMILES string of the molecule is COc1ccc(NC(=O)[C@@H](C)OC(=O)CSc2nc(C)cc(C)n2)cc1Cl. The standard InChI is InChI=1S/C18H20ClN3O4S/c1-10-7-11(2)21-18(20-10)27-9-16(23)26-12(3)17(24)22-13-5-6-15(25-4)14(19)8-13/h5-8,12H,9H2,1-4H3,(H,22,24)/t12-/m1/s1. The van der Waals surface area contributed by atoms with Crippen molar-refractivity contribution >= 4 is 40.9 Å². The molecule has 0 aliphatic carbocycles. The van der Waals surface area contributed by atoms with Gasteiger partial charge in [0.2, 0.25) is 0 Å². The Kier molecular flexibility index (Phi) is 7.44. The van der Waals surface area contributed by atoms with E-state index in [-0.39, 0.29) is 5.75 Å². The number of esters is 1. The second-order valence-electron chi connectivity index (χ2n) is 5.69. The molecule has 0 spiro atoms. The molecular formula is C18H20ClN3O4S. The predicted molar refractivity (Wildman–Crippen MR) is 104 cm³/mol. The maximum absolute atomic E-state index is 12.2. The number of aromatic nitrogens is 2. The molecule has 0 saturated heterocycles. The van der Waals surface area contributed by atoms with E-state index >= 15 is 0 Å². The van der Waals surface area contributed by atoms with Crippen LogP contribution in [0.2, 0.25) is 5.02 Å². The number of nitrogens with zero attached hydrogens (tertiary/aromatic N) is 2. The summed E-state index contributed by atoms with van der Waals surface area (Å²) in [6, 6.07) is 6.68. The molecule has 0 bridgehead atoms. The van der Waals surface area contributed by atoms with Crippen LogP contribution in [0.25, 0.3) is 0 Å². The summed E-state index contributed by atoms with van der Waals surface area (Å²) in [5, 5.41) is 3.50. The maximum Gasteiger partial charge on any atom is 0.317 e. The average molecular weight is 410 g/mol. The largest absolute Gasteiger partial charge is 0.495 e. The summed E-state index contributed by atoms with van der Waals surface area (Å²) in [7, 11) is 1.50. The molecule has 1 amide bonds. The zero-order valence-electron chi connectivity index (χ0n) is 15.4. The first-order valence-corrected chi connectivity index (χ1v) is 9.44. The average Bonchev–Trinajstić information content (AvgIpc) is 2.59. The van der Waals surface area contributed by atoms with Crippen molar-refractivity contribution in [1.82, 2.24) is 9.97 Å². The fraction of sp³-hybridized carbons (Fsp3) is 0.333. The maximum atomic E-state index is 12.2.